The summed E-state index contributed by atoms with van der Waals surface area (Å²) >= 11 is 0. The number of hydrogen-bond acceptors (Lipinski definition) is 6. The molecule has 0 bridgehead atoms. The van der Waals surface area contributed by atoms with E-state index in [1.54, 1.807) is 6.07 Å². The van der Waals surface area contributed by atoms with Gasteiger partial charge in [-0.2, -0.15) is 0 Å². The van der Waals surface area contributed by atoms with Crippen LogP contribution in [0.15, 0.2) is 36.4 Å². The number of carbonyl (C=O) groups is 2. The molecule has 0 saturated carbocycles. The quantitative estimate of drug-likeness (QED) is 0.555. The van der Waals surface area contributed by atoms with Crippen LogP contribution in [0.25, 0.3) is 10.9 Å². The Hall–Kier alpha value is -3.55. The molecule has 1 aliphatic rings. The molecule has 0 aliphatic carbocycles. The number of pyridine rings is 1. The highest BCUT2D eigenvalue weighted by atomic mass is 16.2. The third-order valence-corrected chi connectivity index (χ3v) is 5.79. The lowest BCUT2D eigenvalue weighted by Crippen LogP contribution is -2.28. The van der Waals surface area contributed by atoms with Crippen molar-refractivity contribution in [2.24, 2.45) is 5.73 Å². The van der Waals surface area contributed by atoms with E-state index in [9.17, 15) is 9.59 Å². The molecular weight excluding hydrogens is 404 g/mol. The van der Waals surface area contributed by atoms with E-state index in [4.69, 9.17) is 10.7 Å². The van der Waals surface area contributed by atoms with Crippen LogP contribution in [0, 0.1) is 13.8 Å². The molecule has 1 unspecified atom stereocenters. The topological polar surface area (TPSA) is 114 Å². The molecule has 0 spiro atoms. The van der Waals surface area contributed by atoms with Gasteiger partial charge in [-0.1, -0.05) is 18.2 Å². The predicted molar refractivity (Wildman–Crippen MR) is 123 cm³/mol. The minimum Gasteiger partial charge on any atom is -0.366 e. The molecular formula is C24H28N6O2. The fraction of sp³-hybridized carbons (Fsp3) is 0.375. The first kappa shape index (κ1) is 21.7. The number of nitrogens with one attached hydrogen (secondary N) is 1. The summed E-state index contributed by atoms with van der Waals surface area (Å²) in [4.78, 5) is 40.0. The molecule has 1 saturated heterocycles. The number of anilines is 1. The van der Waals surface area contributed by atoms with Gasteiger partial charge in [-0.3, -0.25) is 14.6 Å². The summed E-state index contributed by atoms with van der Waals surface area (Å²) in [6, 6.07) is 11.2. The zero-order valence-electron chi connectivity index (χ0n) is 18.5. The van der Waals surface area contributed by atoms with E-state index in [1.165, 1.54) is 0 Å². The molecule has 0 radical (unpaired) electrons. The molecule has 2 amide bonds. The number of likely N-dealkylation sites (tertiary alicyclic amines) is 1. The number of nitrogens with two attached hydrogens (primary N) is 1. The Labute approximate surface area is 187 Å². The highest BCUT2D eigenvalue weighted by molar-refractivity contribution is 6.05. The van der Waals surface area contributed by atoms with Crippen molar-refractivity contribution in [1.29, 1.82) is 0 Å². The van der Waals surface area contributed by atoms with E-state index in [1.807, 2.05) is 49.1 Å². The normalized spacial score (nSPS) is 15.8. The predicted octanol–water partition coefficient (Wildman–Crippen LogP) is 2.95. The average Bonchev–Trinajstić information content (AvgIpc) is 3.25. The lowest BCUT2D eigenvalue weighted by Gasteiger charge is -2.17. The van der Waals surface area contributed by atoms with Crippen molar-refractivity contribution >= 4 is 28.7 Å². The average molecular weight is 433 g/mol. The number of para-hydroxylation sites is 1. The highest BCUT2D eigenvalue weighted by Crippen LogP contribution is 2.29. The molecule has 8 heteroatoms. The number of aromatic nitrogens is 3. The van der Waals surface area contributed by atoms with E-state index in [0.717, 1.165) is 34.4 Å². The van der Waals surface area contributed by atoms with Crippen molar-refractivity contribution in [1.82, 2.24) is 19.9 Å². The Morgan fingerprint density at radius 2 is 1.88 bits per heavy atom. The van der Waals surface area contributed by atoms with Crippen LogP contribution in [0.2, 0.25) is 0 Å². The molecule has 1 aliphatic heterocycles. The molecule has 3 aromatic rings. The molecule has 166 valence electrons. The van der Waals surface area contributed by atoms with Gasteiger partial charge in [-0.05, 0) is 44.9 Å². The summed E-state index contributed by atoms with van der Waals surface area (Å²) < 4.78 is 0. The fourth-order valence-corrected chi connectivity index (χ4v) is 4.24. The first-order chi connectivity index (χ1) is 15.4. The van der Waals surface area contributed by atoms with Crippen LogP contribution in [0.3, 0.4) is 0 Å². The number of aryl methyl sites for hydroxylation is 2. The number of amides is 2. The van der Waals surface area contributed by atoms with Gasteiger partial charge >= 0.3 is 0 Å². The zero-order chi connectivity index (χ0) is 22.7. The summed E-state index contributed by atoms with van der Waals surface area (Å²) in [7, 11) is 0. The monoisotopic (exact) mass is 432 g/mol. The maximum atomic E-state index is 12.7. The first-order valence-electron chi connectivity index (χ1n) is 10.9. The Kier molecular flexibility index (Phi) is 6.30. The van der Waals surface area contributed by atoms with Crippen LogP contribution in [0.1, 0.15) is 52.6 Å². The van der Waals surface area contributed by atoms with Gasteiger partial charge in [0.1, 0.15) is 0 Å². The maximum Gasteiger partial charge on any atom is 0.249 e. The van der Waals surface area contributed by atoms with E-state index in [-0.39, 0.29) is 11.8 Å². The maximum absolute atomic E-state index is 12.7. The van der Waals surface area contributed by atoms with Crippen LogP contribution < -0.4 is 11.1 Å². The number of nitrogens with zero attached hydrogens (tertiary/aromatic N) is 4. The van der Waals surface area contributed by atoms with Gasteiger partial charge in [0.25, 0.3) is 0 Å². The standard InChI is InChI=1S/C24H28N6O2/c1-15-12-16(2)28-24(27-15)26-10-5-8-22(31)30-11-9-17(14-30)21-13-19(23(25)32)18-6-3-4-7-20(18)29-21/h3-4,6-7,12-13,17H,5,8-11,14H2,1-2H3,(H2,25,32)(H,26,27,28). The summed E-state index contributed by atoms with van der Waals surface area (Å²) in [5.41, 5.74) is 9.49. The minimum absolute atomic E-state index is 0.100. The second-order valence-electron chi connectivity index (χ2n) is 8.31. The number of benzene rings is 1. The van der Waals surface area contributed by atoms with Crippen LogP contribution in [0.5, 0.6) is 0 Å². The van der Waals surface area contributed by atoms with Crippen LogP contribution in [-0.4, -0.2) is 51.3 Å². The molecule has 1 atom stereocenters. The van der Waals surface area contributed by atoms with E-state index in [2.05, 4.69) is 15.3 Å². The largest absolute Gasteiger partial charge is 0.366 e. The Morgan fingerprint density at radius 3 is 2.62 bits per heavy atom. The third kappa shape index (κ3) is 4.85. The smallest absolute Gasteiger partial charge is 0.249 e. The van der Waals surface area contributed by atoms with Crippen molar-refractivity contribution in [3.8, 4) is 0 Å². The Balaban J connectivity index is 1.34. The summed E-state index contributed by atoms with van der Waals surface area (Å²) in [5, 5.41) is 3.95. The van der Waals surface area contributed by atoms with Gasteiger partial charge in [0.2, 0.25) is 17.8 Å². The number of rotatable bonds is 7. The molecule has 3 N–H and O–H groups in total. The number of carbonyl (C=O) groups excluding carboxylic acids is 2. The van der Waals surface area contributed by atoms with Crippen molar-refractivity contribution in [2.45, 2.75) is 39.0 Å². The van der Waals surface area contributed by atoms with Gasteiger partial charge in [-0.15, -0.1) is 0 Å². The van der Waals surface area contributed by atoms with Crippen molar-refractivity contribution in [3.05, 3.63) is 59.0 Å². The highest BCUT2D eigenvalue weighted by Gasteiger charge is 2.28. The molecule has 32 heavy (non-hydrogen) atoms. The minimum atomic E-state index is -0.462. The van der Waals surface area contributed by atoms with Crippen LogP contribution in [-0.2, 0) is 4.79 Å². The van der Waals surface area contributed by atoms with E-state index < -0.39 is 5.91 Å². The zero-order valence-corrected chi connectivity index (χ0v) is 18.5. The van der Waals surface area contributed by atoms with Crippen molar-refractivity contribution < 1.29 is 9.59 Å². The van der Waals surface area contributed by atoms with Crippen LogP contribution in [0.4, 0.5) is 5.95 Å². The molecule has 1 aromatic carbocycles. The second kappa shape index (κ2) is 9.30. The Morgan fingerprint density at radius 1 is 1.12 bits per heavy atom. The van der Waals surface area contributed by atoms with Crippen LogP contribution >= 0.6 is 0 Å². The number of primary amides is 1. The van der Waals surface area contributed by atoms with Gasteiger partial charge in [-0.25, -0.2) is 9.97 Å². The SMILES string of the molecule is Cc1cc(C)nc(NCCCC(=O)N2CCC(c3cc(C(N)=O)c4ccccc4n3)C2)n1. The lowest BCUT2D eigenvalue weighted by atomic mass is 9.99. The summed E-state index contributed by atoms with van der Waals surface area (Å²) in [6.45, 7) is 5.81. The van der Waals surface area contributed by atoms with Crippen molar-refractivity contribution in [3.63, 3.8) is 0 Å². The molecule has 8 nitrogen and oxygen atoms in total. The Bertz CT molecular complexity index is 1140. The molecule has 2 aromatic heterocycles. The third-order valence-electron chi connectivity index (χ3n) is 5.79. The second-order valence-corrected chi connectivity index (χ2v) is 8.31. The fourth-order valence-electron chi connectivity index (χ4n) is 4.24. The van der Waals surface area contributed by atoms with E-state index >= 15 is 0 Å². The number of fused-ring (bicyclic) bond motifs is 1. The number of hydrogen-bond donors (Lipinski definition) is 2. The van der Waals surface area contributed by atoms with Gasteiger partial charge in [0.05, 0.1) is 11.1 Å². The molecule has 1 fully saturated rings. The first-order valence-corrected chi connectivity index (χ1v) is 10.9. The van der Waals surface area contributed by atoms with Gasteiger partial charge in [0.15, 0.2) is 0 Å². The van der Waals surface area contributed by atoms with E-state index in [0.29, 0.717) is 44.0 Å². The summed E-state index contributed by atoms with van der Waals surface area (Å²) in [6.07, 6.45) is 1.99. The van der Waals surface area contributed by atoms with Gasteiger partial charge in [0, 0.05) is 54.4 Å². The lowest BCUT2D eigenvalue weighted by molar-refractivity contribution is -0.130. The van der Waals surface area contributed by atoms with Crippen molar-refractivity contribution in [2.75, 3.05) is 25.0 Å². The van der Waals surface area contributed by atoms with Gasteiger partial charge < -0.3 is 16.0 Å². The molecule has 3 heterocycles. The summed E-state index contributed by atoms with van der Waals surface area (Å²) in [5.74, 6) is 0.370. The molecule has 4 rings (SSSR count).